The molecule has 0 heterocycles. The van der Waals surface area contributed by atoms with Gasteiger partial charge in [0, 0.05) is 11.6 Å². The average Bonchev–Trinajstić information content (AvgIpc) is 2.34. The number of nitrogens with zero attached hydrogens (tertiary/aromatic N) is 1. The van der Waals surface area contributed by atoms with E-state index in [4.69, 9.17) is 5.26 Å². The Morgan fingerprint density at radius 2 is 1.83 bits per heavy atom. The molecule has 0 aliphatic heterocycles. The summed E-state index contributed by atoms with van der Waals surface area (Å²) < 4.78 is 0. The minimum absolute atomic E-state index is 0.112. The Morgan fingerprint density at radius 1 is 1.22 bits per heavy atom. The number of nitrogens with one attached hydrogen (secondary N) is 1. The highest BCUT2D eigenvalue weighted by Gasteiger charge is 2.20. The van der Waals surface area contributed by atoms with Crippen molar-refractivity contribution in [3.63, 3.8) is 0 Å². The maximum atomic E-state index is 12.1. The van der Waals surface area contributed by atoms with Crippen molar-refractivity contribution in [1.82, 2.24) is 5.32 Å². The molecule has 1 N–H and O–H groups in total. The Kier molecular flexibility index (Phi) is 4.91. The van der Waals surface area contributed by atoms with Crippen molar-refractivity contribution in [3.05, 3.63) is 35.4 Å². The number of carbonyl (C=O) groups is 1. The van der Waals surface area contributed by atoms with Gasteiger partial charge in [0.15, 0.2) is 0 Å². The fraction of sp³-hybridized carbons (Fsp3) is 0.467. The first-order chi connectivity index (χ1) is 8.45. The molecule has 0 bridgehead atoms. The zero-order valence-corrected chi connectivity index (χ0v) is 11.4. The fourth-order valence-electron chi connectivity index (χ4n) is 2.07. The summed E-state index contributed by atoms with van der Waals surface area (Å²) in [5.74, 6) is 0.653. The lowest BCUT2D eigenvalue weighted by molar-refractivity contribution is 0.0910. The van der Waals surface area contributed by atoms with Crippen molar-refractivity contribution in [2.75, 3.05) is 0 Å². The summed E-state index contributed by atoms with van der Waals surface area (Å²) in [5.41, 5.74) is 1.05. The number of carbonyl (C=O) groups excluding carboxylic acids is 1. The van der Waals surface area contributed by atoms with E-state index in [2.05, 4.69) is 33.0 Å². The molecule has 1 aromatic carbocycles. The molecule has 3 nitrogen and oxygen atoms in total. The third-order valence-electron chi connectivity index (χ3n) is 2.99. The minimum Gasteiger partial charge on any atom is -0.349 e. The summed E-state index contributed by atoms with van der Waals surface area (Å²) in [5, 5.41) is 11.9. The van der Waals surface area contributed by atoms with Crippen molar-refractivity contribution in [1.29, 1.82) is 5.26 Å². The second-order valence-electron chi connectivity index (χ2n) is 5.18. The summed E-state index contributed by atoms with van der Waals surface area (Å²) in [6.07, 6.45) is 0. The van der Waals surface area contributed by atoms with Crippen molar-refractivity contribution < 1.29 is 4.79 Å². The van der Waals surface area contributed by atoms with Gasteiger partial charge in [-0.2, -0.15) is 5.26 Å². The molecule has 96 valence electrons. The van der Waals surface area contributed by atoms with Crippen LogP contribution in [0.15, 0.2) is 24.3 Å². The van der Waals surface area contributed by atoms with E-state index in [1.807, 2.05) is 6.07 Å². The van der Waals surface area contributed by atoms with Gasteiger partial charge in [-0.05, 0) is 30.0 Å². The molecular formula is C15H20N2O. The Labute approximate surface area is 109 Å². The molecule has 0 unspecified atom stereocenters. The monoisotopic (exact) mass is 244 g/mol. The Balaban J connectivity index is 2.84. The van der Waals surface area contributed by atoms with Gasteiger partial charge in [0.25, 0.3) is 5.91 Å². The summed E-state index contributed by atoms with van der Waals surface area (Å²) in [6, 6.07) is 8.95. The molecule has 0 aliphatic rings. The second kappa shape index (κ2) is 6.20. The van der Waals surface area contributed by atoms with E-state index in [-0.39, 0.29) is 11.9 Å². The smallest absolute Gasteiger partial charge is 0.251 e. The first-order valence-corrected chi connectivity index (χ1v) is 6.26. The van der Waals surface area contributed by atoms with Crippen LogP contribution in [-0.4, -0.2) is 11.9 Å². The number of amides is 1. The second-order valence-corrected chi connectivity index (χ2v) is 5.18. The van der Waals surface area contributed by atoms with Gasteiger partial charge >= 0.3 is 0 Å². The van der Waals surface area contributed by atoms with Gasteiger partial charge in [0.1, 0.15) is 0 Å². The molecule has 1 amide bonds. The van der Waals surface area contributed by atoms with Crippen LogP contribution in [0.5, 0.6) is 0 Å². The zero-order chi connectivity index (χ0) is 13.7. The molecule has 0 saturated carbocycles. The zero-order valence-electron chi connectivity index (χ0n) is 11.4. The standard InChI is InChI=1S/C15H20N2O/c1-10(2)14(11(3)4)17-15(18)13-7-5-6-12(8-13)9-16/h5-8,10-11,14H,1-4H3,(H,17,18). The van der Waals surface area contributed by atoms with Crippen LogP contribution in [0.4, 0.5) is 0 Å². The van der Waals surface area contributed by atoms with Gasteiger partial charge < -0.3 is 5.32 Å². The quantitative estimate of drug-likeness (QED) is 0.885. The average molecular weight is 244 g/mol. The van der Waals surface area contributed by atoms with Crippen LogP contribution in [0, 0.1) is 23.2 Å². The van der Waals surface area contributed by atoms with E-state index in [1.54, 1.807) is 24.3 Å². The Morgan fingerprint density at radius 3 is 2.33 bits per heavy atom. The van der Waals surface area contributed by atoms with E-state index in [0.29, 0.717) is 23.0 Å². The topological polar surface area (TPSA) is 52.9 Å². The molecule has 0 aromatic heterocycles. The Hall–Kier alpha value is -1.82. The first-order valence-electron chi connectivity index (χ1n) is 6.26. The van der Waals surface area contributed by atoms with Gasteiger partial charge in [-0.25, -0.2) is 0 Å². The number of hydrogen-bond donors (Lipinski definition) is 1. The highest BCUT2D eigenvalue weighted by molar-refractivity contribution is 5.94. The summed E-state index contributed by atoms with van der Waals surface area (Å²) in [7, 11) is 0. The van der Waals surface area contributed by atoms with Gasteiger partial charge in [-0.1, -0.05) is 33.8 Å². The lowest BCUT2D eigenvalue weighted by atomic mass is 9.93. The lowest BCUT2D eigenvalue weighted by Crippen LogP contribution is -2.42. The highest BCUT2D eigenvalue weighted by Crippen LogP contribution is 2.13. The Bertz CT molecular complexity index is 450. The van der Waals surface area contributed by atoms with Crippen molar-refractivity contribution in [2.45, 2.75) is 33.7 Å². The fourth-order valence-corrected chi connectivity index (χ4v) is 2.07. The van der Waals surface area contributed by atoms with E-state index in [9.17, 15) is 4.79 Å². The van der Waals surface area contributed by atoms with Crippen molar-refractivity contribution in [3.8, 4) is 6.07 Å². The van der Waals surface area contributed by atoms with E-state index < -0.39 is 0 Å². The molecule has 18 heavy (non-hydrogen) atoms. The van der Waals surface area contributed by atoms with Crippen molar-refractivity contribution in [2.24, 2.45) is 11.8 Å². The molecular weight excluding hydrogens is 224 g/mol. The number of nitriles is 1. The van der Waals surface area contributed by atoms with Crippen molar-refractivity contribution >= 4 is 5.91 Å². The predicted octanol–water partition coefficient (Wildman–Crippen LogP) is 2.97. The molecule has 0 radical (unpaired) electrons. The molecule has 0 spiro atoms. The molecule has 0 atom stereocenters. The third-order valence-corrected chi connectivity index (χ3v) is 2.99. The number of rotatable bonds is 4. The van der Waals surface area contributed by atoms with Crippen LogP contribution in [0.2, 0.25) is 0 Å². The molecule has 1 aromatic rings. The molecule has 3 heteroatoms. The van der Waals surface area contributed by atoms with E-state index in [0.717, 1.165) is 0 Å². The lowest BCUT2D eigenvalue weighted by Gasteiger charge is -2.26. The SMILES string of the molecule is CC(C)C(NC(=O)c1cccc(C#N)c1)C(C)C. The predicted molar refractivity (Wildman–Crippen MR) is 72.1 cm³/mol. The molecule has 0 saturated heterocycles. The van der Waals surface area contributed by atoms with Gasteiger partial charge in [-0.3, -0.25) is 4.79 Å². The van der Waals surface area contributed by atoms with Crippen LogP contribution < -0.4 is 5.32 Å². The van der Waals surface area contributed by atoms with Crippen LogP contribution in [0.1, 0.15) is 43.6 Å². The normalized spacial score (nSPS) is 10.8. The summed E-state index contributed by atoms with van der Waals surface area (Å²) in [4.78, 5) is 12.1. The molecule has 0 aliphatic carbocycles. The van der Waals surface area contributed by atoms with Crippen LogP contribution >= 0.6 is 0 Å². The summed E-state index contributed by atoms with van der Waals surface area (Å²) in [6.45, 7) is 8.38. The van der Waals surface area contributed by atoms with Gasteiger partial charge in [-0.15, -0.1) is 0 Å². The first kappa shape index (κ1) is 14.2. The maximum absolute atomic E-state index is 12.1. The molecule has 1 rings (SSSR count). The van der Waals surface area contributed by atoms with E-state index >= 15 is 0 Å². The summed E-state index contributed by atoms with van der Waals surface area (Å²) >= 11 is 0. The minimum atomic E-state index is -0.112. The van der Waals surface area contributed by atoms with Crippen LogP contribution in [0.3, 0.4) is 0 Å². The van der Waals surface area contributed by atoms with Crippen LogP contribution in [-0.2, 0) is 0 Å². The van der Waals surface area contributed by atoms with Crippen LogP contribution in [0.25, 0.3) is 0 Å². The third kappa shape index (κ3) is 3.59. The largest absolute Gasteiger partial charge is 0.349 e. The highest BCUT2D eigenvalue weighted by atomic mass is 16.1. The van der Waals surface area contributed by atoms with E-state index in [1.165, 1.54) is 0 Å². The van der Waals surface area contributed by atoms with Gasteiger partial charge in [0.2, 0.25) is 0 Å². The van der Waals surface area contributed by atoms with Gasteiger partial charge in [0.05, 0.1) is 11.6 Å². The maximum Gasteiger partial charge on any atom is 0.251 e. The molecule has 0 fully saturated rings. The number of benzene rings is 1. The number of hydrogen-bond acceptors (Lipinski definition) is 2.